The molecule has 0 aromatic heterocycles. The molecule has 0 unspecified atom stereocenters. The van der Waals surface area contributed by atoms with Crippen LogP contribution in [-0.4, -0.2) is 39.3 Å². The van der Waals surface area contributed by atoms with Crippen LogP contribution in [0.1, 0.15) is 28.8 Å². The van der Waals surface area contributed by atoms with Gasteiger partial charge in [-0.05, 0) is 50.6 Å². The number of hydrogen-bond acceptors (Lipinski definition) is 3. The van der Waals surface area contributed by atoms with E-state index in [0.717, 1.165) is 36.0 Å². The van der Waals surface area contributed by atoms with E-state index in [2.05, 4.69) is 26.6 Å². The molecule has 2 rings (SSSR count). The standard InChI is InChI=1S/C16H23BrN2O2/c1-12-3-4-13(9-14(12)17)15(20)19-10-16(11-21-2)5-7-18-8-6-16/h3-4,9,18H,5-8,10-11H2,1-2H3,(H,19,20). The second-order valence-corrected chi connectivity index (χ2v) is 6.68. The molecule has 116 valence electrons. The highest BCUT2D eigenvalue weighted by atomic mass is 79.9. The molecule has 0 aliphatic carbocycles. The Morgan fingerprint density at radius 1 is 1.43 bits per heavy atom. The second kappa shape index (κ2) is 7.38. The average Bonchev–Trinajstić information content (AvgIpc) is 2.49. The van der Waals surface area contributed by atoms with E-state index < -0.39 is 0 Å². The quantitative estimate of drug-likeness (QED) is 0.853. The van der Waals surface area contributed by atoms with Gasteiger partial charge in [-0.15, -0.1) is 0 Å². The van der Waals surface area contributed by atoms with Crippen molar-refractivity contribution < 1.29 is 9.53 Å². The van der Waals surface area contributed by atoms with Crippen molar-refractivity contribution in [1.82, 2.24) is 10.6 Å². The van der Waals surface area contributed by atoms with Crippen molar-refractivity contribution in [3.63, 3.8) is 0 Å². The zero-order chi connectivity index (χ0) is 15.3. The van der Waals surface area contributed by atoms with Crippen LogP contribution in [0.5, 0.6) is 0 Å². The monoisotopic (exact) mass is 354 g/mol. The van der Waals surface area contributed by atoms with Gasteiger partial charge in [-0.1, -0.05) is 22.0 Å². The first kappa shape index (κ1) is 16.5. The number of hydrogen-bond donors (Lipinski definition) is 2. The van der Waals surface area contributed by atoms with Crippen LogP contribution in [0.2, 0.25) is 0 Å². The third-order valence-electron chi connectivity index (χ3n) is 4.17. The summed E-state index contributed by atoms with van der Waals surface area (Å²) >= 11 is 3.47. The maximum absolute atomic E-state index is 12.3. The summed E-state index contributed by atoms with van der Waals surface area (Å²) < 4.78 is 6.33. The summed E-state index contributed by atoms with van der Waals surface area (Å²) in [4.78, 5) is 12.3. The highest BCUT2D eigenvalue weighted by Gasteiger charge is 2.32. The van der Waals surface area contributed by atoms with Crippen LogP contribution in [0, 0.1) is 12.3 Å². The van der Waals surface area contributed by atoms with Crippen molar-refractivity contribution >= 4 is 21.8 Å². The maximum atomic E-state index is 12.3. The Bertz CT molecular complexity index is 494. The smallest absolute Gasteiger partial charge is 0.251 e. The molecule has 2 N–H and O–H groups in total. The van der Waals surface area contributed by atoms with E-state index in [1.807, 2.05) is 25.1 Å². The van der Waals surface area contributed by atoms with E-state index in [-0.39, 0.29) is 11.3 Å². The van der Waals surface area contributed by atoms with Crippen molar-refractivity contribution in [2.75, 3.05) is 33.4 Å². The molecule has 4 nitrogen and oxygen atoms in total. The highest BCUT2D eigenvalue weighted by molar-refractivity contribution is 9.10. The minimum Gasteiger partial charge on any atom is -0.384 e. The van der Waals surface area contributed by atoms with E-state index in [1.165, 1.54) is 0 Å². The normalized spacial score (nSPS) is 17.5. The third kappa shape index (κ3) is 4.28. The third-order valence-corrected chi connectivity index (χ3v) is 5.03. The van der Waals surface area contributed by atoms with Crippen LogP contribution in [0.3, 0.4) is 0 Å². The fourth-order valence-electron chi connectivity index (χ4n) is 2.74. The van der Waals surface area contributed by atoms with Gasteiger partial charge in [0.05, 0.1) is 6.61 Å². The van der Waals surface area contributed by atoms with Crippen molar-refractivity contribution in [2.24, 2.45) is 5.41 Å². The topological polar surface area (TPSA) is 50.4 Å². The number of carbonyl (C=O) groups excluding carboxylic acids is 1. The van der Waals surface area contributed by atoms with Crippen LogP contribution in [0.15, 0.2) is 22.7 Å². The Labute approximate surface area is 134 Å². The first-order valence-electron chi connectivity index (χ1n) is 7.30. The van der Waals surface area contributed by atoms with Gasteiger partial charge in [-0.2, -0.15) is 0 Å². The predicted octanol–water partition coefficient (Wildman–Crippen LogP) is 2.50. The molecule has 1 aromatic carbocycles. The molecule has 1 aliphatic rings. The first-order valence-corrected chi connectivity index (χ1v) is 8.10. The predicted molar refractivity (Wildman–Crippen MR) is 87.6 cm³/mol. The number of aryl methyl sites for hydroxylation is 1. The van der Waals surface area contributed by atoms with Gasteiger partial charge in [0.25, 0.3) is 5.91 Å². The van der Waals surface area contributed by atoms with Crippen molar-refractivity contribution in [2.45, 2.75) is 19.8 Å². The summed E-state index contributed by atoms with van der Waals surface area (Å²) in [6, 6.07) is 5.69. The summed E-state index contributed by atoms with van der Waals surface area (Å²) in [6.07, 6.45) is 2.05. The lowest BCUT2D eigenvalue weighted by Crippen LogP contribution is -2.47. The maximum Gasteiger partial charge on any atom is 0.251 e. The van der Waals surface area contributed by atoms with Gasteiger partial charge < -0.3 is 15.4 Å². The van der Waals surface area contributed by atoms with Crippen LogP contribution in [0.25, 0.3) is 0 Å². The number of benzene rings is 1. The lowest BCUT2D eigenvalue weighted by Gasteiger charge is -2.37. The number of rotatable bonds is 5. The number of piperidine rings is 1. The van der Waals surface area contributed by atoms with Gasteiger partial charge in [0.2, 0.25) is 0 Å². The number of halogens is 1. The summed E-state index contributed by atoms with van der Waals surface area (Å²) in [6.45, 7) is 5.32. The Hall–Kier alpha value is -0.910. The molecule has 0 saturated carbocycles. The Morgan fingerprint density at radius 3 is 2.76 bits per heavy atom. The molecule has 21 heavy (non-hydrogen) atoms. The van der Waals surface area contributed by atoms with Gasteiger partial charge in [0, 0.05) is 29.1 Å². The number of ether oxygens (including phenoxy) is 1. The van der Waals surface area contributed by atoms with Crippen molar-refractivity contribution in [1.29, 1.82) is 0 Å². The van der Waals surface area contributed by atoms with Crippen molar-refractivity contribution in [3.05, 3.63) is 33.8 Å². The van der Waals surface area contributed by atoms with Gasteiger partial charge in [0.1, 0.15) is 0 Å². The summed E-state index contributed by atoms with van der Waals surface area (Å²) in [5, 5.41) is 6.43. The molecular weight excluding hydrogens is 332 g/mol. The van der Waals surface area contributed by atoms with Gasteiger partial charge >= 0.3 is 0 Å². The Kier molecular flexibility index (Phi) is 5.79. The summed E-state index contributed by atoms with van der Waals surface area (Å²) in [7, 11) is 1.72. The molecule has 0 atom stereocenters. The number of nitrogens with one attached hydrogen (secondary N) is 2. The lowest BCUT2D eigenvalue weighted by molar-refractivity contribution is 0.0511. The lowest BCUT2D eigenvalue weighted by atomic mass is 9.79. The van der Waals surface area contributed by atoms with E-state index in [4.69, 9.17) is 4.74 Å². The molecule has 1 aliphatic heterocycles. The first-order chi connectivity index (χ1) is 10.1. The number of amides is 1. The minimum atomic E-state index is -0.0234. The fourth-order valence-corrected chi connectivity index (χ4v) is 3.12. The summed E-state index contributed by atoms with van der Waals surface area (Å²) in [5.74, 6) is -0.0234. The van der Waals surface area contributed by atoms with E-state index in [0.29, 0.717) is 18.7 Å². The molecule has 0 radical (unpaired) electrons. The molecule has 1 fully saturated rings. The second-order valence-electron chi connectivity index (χ2n) is 5.83. The molecule has 0 bridgehead atoms. The molecule has 1 heterocycles. The highest BCUT2D eigenvalue weighted by Crippen LogP contribution is 2.28. The minimum absolute atomic E-state index is 0.0234. The van der Waals surface area contributed by atoms with Crippen LogP contribution in [-0.2, 0) is 4.74 Å². The fraction of sp³-hybridized carbons (Fsp3) is 0.562. The molecule has 1 aromatic rings. The Balaban J connectivity index is 1.99. The molecule has 1 amide bonds. The molecule has 1 saturated heterocycles. The van der Waals surface area contributed by atoms with Crippen LogP contribution < -0.4 is 10.6 Å². The van der Waals surface area contributed by atoms with Gasteiger partial charge in [-0.3, -0.25) is 4.79 Å². The van der Waals surface area contributed by atoms with E-state index >= 15 is 0 Å². The Morgan fingerprint density at radius 2 is 2.14 bits per heavy atom. The summed E-state index contributed by atoms with van der Waals surface area (Å²) in [5.41, 5.74) is 1.87. The zero-order valence-electron chi connectivity index (χ0n) is 12.7. The van der Waals surface area contributed by atoms with Crippen LogP contribution >= 0.6 is 15.9 Å². The van der Waals surface area contributed by atoms with Crippen LogP contribution in [0.4, 0.5) is 0 Å². The van der Waals surface area contributed by atoms with Crippen molar-refractivity contribution in [3.8, 4) is 0 Å². The number of methoxy groups -OCH3 is 1. The largest absolute Gasteiger partial charge is 0.384 e. The SMILES string of the molecule is COCC1(CNC(=O)c2ccc(C)c(Br)c2)CCNCC1. The van der Waals surface area contributed by atoms with E-state index in [1.54, 1.807) is 7.11 Å². The van der Waals surface area contributed by atoms with Gasteiger partial charge in [0.15, 0.2) is 0 Å². The zero-order valence-corrected chi connectivity index (χ0v) is 14.3. The number of carbonyl (C=O) groups is 1. The molecule has 5 heteroatoms. The molecule has 0 spiro atoms. The average molecular weight is 355 g/mol. The van der Waals surface area contributed by atoms with Gasteiger partial charge in [-0.25, -0.2) is 0 Å². The molecular formula is C16H23BrN2O2. The van der Waals surface area contributed by atoms with E-state index in [9.17, 15) is 4.79 Å².